The maximum absolute atomic E-state index is 12.6. The summed E-state index contributed by atoms with van der Waals surface area (Å²) in [6.07, 6.45) is 5.03. The summed E-state index contributed by atoms with van der Waals surface area (Å²) >= 11 is 0. The lowest BCUT2D eigenvalue weighted by Gasteiger charge is -2.43. The molecule has 8 nitrogen and oxygen atoms in total. The number of hydrogen-bond donors (Lipinski definition) is 4. The highest BCUT2D eigenvalue weighted by Crippen LogP contribution is 2.28. The third-order valence-corrected chi connectivity index (χ3v) is 6.51. The molecule has 5 N–H and O–H groups in total. The smallest absolute Gasteiger partial charge is 0.279 e. The molecule has 0 spiro atoms. The maximum atomic E-state index is 12.6. The lowest BCUT2D eigenvalue weighted by atomic mass is 9.83. The van der Waals surface area contributed by atoms with E-state index in [2.05, 4.69) is 5.32 Å². The first-order valence-electron chi connectivity index (χ1n) is 10.5. The Balaban J connectivity index is 1.59. The molecule has 0 saturated carbocycles. The standard InChI is InChI=1S/C21H32N4O4/c1-28-16-6-7-18(29-2)17(14-16)23-19(26)15-24-12-8-21(9-13-24,20(22)27)25-10-4-3-5-11-25/h6-7,14H,3-5,8-13,15H2,1-2H3,(H2,22,27)(H,23,26)/p+2. The number of ether oxygens (including phenoxy) is 2. The van der Waals surface area contributed by atoms with Gasteiger partial charge in [0.15, 0.2) is 12.1 Å². The van der Waals surface area contributed by atoms with Crippen molar-refractivity contribution in [1.29, 1.82) is 0 Å². The molecule has 0 unspecified atom stereocenters. The highest BCUT2D eigenvalue weighted by Gasteiger charge is 2.50. The number of nitrogens with one attached hydrogen (secondary N) is 3. The van der Waals surface area contributed by atoms with E-state index < -0.39 is 5.54 Å². The molecule has 29 heavy (non-hydrogen) atoms. The second-order valence-electron chi connectivity index (χ2n) is 8.15. The summed E-state index contributed by atoms with van der Waals surface area (Å²) in [7, 11) is 3.15. The molecule has 2 heterocycles. The van der Waals surface area contributed by atoms with Crippen LogP contribution < -0.4 is 30.3 Å². The first kappa shape index (κ1) is 21.4. The molecule has 2 aliphatic rings. The van der Waals surface area contributed by atoms with Gasteiger partial charge in [0.25, 0.3) is 11.8 Å². The van der Waals surface area contributed by atoms with Crippen LogP contribution in [0.4, 0.5) is 5.69 Å². The van der Waals surface area contributed by atoms with Gasteiger partial charge in [0.2, 0.25) is 0 Å². The number of likely N-dealkylation sites (tertiary alicyclic amines) is 2. The molecule has 8 heteroatoms. The van der Waals surface area contributed by atoms with Gasteiger partial charge >= 0.3 is 0 Å². The number of methoxy groups -OCH3 is 2. The molecule has 1 aromatic carbocycles. The average Bonchev–Trinajstić information content (AvgIpc) is 2.74. The van der Waals surface area contributed by atoms with Crippen molar-refractivity contribution >= 4 is 17.5 Å². The Kier molecular flexibility index (Phi) is 6.97. The molecule has 0 radical (unpaired) electrons. The summed E-state index contributed by atoms with van der Waals surface area (Å²) < 4.78 is 10.6. The summed E-state index contributed by atoms with van der Waals surface area (Å²) in [6.45, 7) is 3.94. The second-order valence-corrected chi connectivity index (χ2v) is 8.15. The normalized spacial score (nSPS) is 25.2. The fourth-order valence-electron chi connectivity index (χ4n) is 4.77. The van der Waals surface area contributed by atoms with E-state index in [1.54, 1.807) is 32.4 Å². The van der Waals surface area contributed by atoms with Gasteiger partial charge in [-0.3, -0.25) is 9.59 Å². The zero-order valence-corrected chi connectivity index (χ0v) is 17.5. The predicted molar refractivity (Wildman–Crippen MR) is 109 cm³/mol. The Bertz CT molecular complexity index is 725. The molecule has 0 aliphatic carbocycles. The maximum Gasteiger partial charge on any atom is 0.279 e. The van der Waals surface area contributed by atoms with Crippen molar-refractivity contribution in [2.24, 2.45) is 5.73 Å². The van der Waals surface area contributed by atoms with Crippen LogP contribution in [0.2, 0.25) is 0 Å². The summed E-state index contributed by atoms with van der Waals surface area (Å²) in [5.41, 5.74) is 6.00. The summed E-state index contributed by atoms with van der Waals surface area (Å²) in [5, 5.41) is 2.93. The van der Waals surface area contributed by atoms with Crippen molar-refractivity contribution in [2.75, 3.05) is 52.3 Å². The fourth-order valence-corrected chi connectivity index (χ4v) is 4.77. The van der Waals surface area contributed by atoms with Crippen molar-refractivity contribution in [1.82, 2.24) is 0 Å². The zero-order chi connectivity index (χ0) is 20.9. The van der Waals surface area contributed by atoms with Crippen LogP contribution in [-0.2, 0) is 9.59 Å². The van der Waals surface area contributed by atoms with Gasteiger partial charge in [-0.2, -0.15) is 0 Å². The van der Waals surface area contributed by atoms with Crippen molar-refractivity contribution in [3.8, 4) is 11.5 Å². The number of anilines is 1. The van der Waals surface area contributed by atoms with Gasteiger partial charge in [-0.25, -0.2) is 0 Å². The molecule has 1 aromatic rings. The van der Waals surface area contributed by atoms with Gasteiger partial charge in [-0.1, -0.05) is 0 Å². The SMILES string of the molecule is COc1ccc(OC)c(NC(=O)C[NH+]2CCC(C(N)=O)([NH+]3CCCCC3)CC2)c1. The highest BCUT2D eigenvalue weighted by molar-refractivity contribution is 5.93. The number of benzene rings is 1. The monoisotopic (exact) mass is 406 g/mol. The number of rotatable bonds is 7. The number of hydrogen-bond acceptors (Lipinski definition) is 4. The number of carbonyl (C=O) groups excluding carboxylic acids is 2. The number of nitrogens with two attached hydrogens (primary N) is 1. The van der Waals surface area contributed by atoms with Crippen LogP contribution in [0.25, 0.3) is 0 Å². The van der Waals surface area contributed by atoms with Crippen LogP contribution in [-0.4, -0.2) is 64.3 Å². The van der Waals surface area contributed by atoms with Crippen molar-refractivity contribution in [2.45, 2.75) is 37.6 Å². The van der Waals surface area contributed by atoms with Gasteiger partial charge in [-0.05, 0) is 31.4 Å². The van der Waals surface area contributed by atoms with Gasteiger partial charge in [0.1, 0.15) is 11.5 Å². The van der Waals surface area contributed by atoms with Crippen LogP contribution >= 0.6 is 0 Å². The largest absolute Gasteiger partial charge is 0.497 e. The number of amides is 2. The Morgan fingerprint density at radius 2 is 1.76 bits per heavy atom. The van der Waals surface area contributed by atoms with Crippen LogP contribution in [0.3, 0.4) is 0 Å². The van der Waals surface area contributed by atoms with E-state index in [1.807, 2.05) is 0 Å². The van der Waals surface area contributed by atoms with E-state index in [0.29, 0.717) is 23.7 Å². The van der Waals surface area contributed by atoms with Crippen LogP contribution in [0.1, 0.15) is 32.1 Å². The summed E-state index contributed by atoms with van der Waals surface area (Å²) in [6, 6.07) is 5.31. The average molecular weight is 407 g/mol. The zero-order valence-electron chi connectivity index (χ0n) is 17.5. The number of primary amides is 1. The number of quaternary nitrogens is 2. The topological polar surface area (TPSA) is 99.5 Å². The second kappa shape index (κ2) is 9.45. The quantitative estimate of drug-likeness (QED) is 0.448. The van der Waals surface area contributed by atoms with E-state index in [4.69, 9.17) is 15.2 Å². The van der Waals surface area contributed by atoms with Crippen LogP contribution in [0.15, 0.2) is 18.2 Å². The fraction of sp³-hybridized carbons (Fsp3) is 0.619. The Hall–Kier alpha value is -2.32. The minimum atomic E-state index is -0.462. The summed E-state index contributed by atoms with van der Waals surface area (Å²) in [4.78, 5) is 27.5. The minimum Gasteiger partial charge on any atom is -0.497 e. The molecule has 0 bridgehead atoms. The predicted octanol–water partition coefficient (Wildman–Crippen LogP) is -1.39. The van der Waals surface area contributed by atoms with Crippen LogP contribution in [0, 0.1) is 0 Å². The van der Waals surface area contributed by atoms with E-state index in [-0.39, 0.29) is 11.8 Å². The molecule has 0 aromatic heterocycles. The van der Waals surface area contributed by atoms with Crippen LogP contribution in [0.5, 0.6) is 11.5 Å². The Labute approximate surface area is 172 Å². The molecule has 2 amide bonds. The first-order valence-corrected chi connectivity index (χ1v) is 10.5. The lowest BCUT2D eigenvalue weighted by Crippen LogP contribution is -3.26. The minimum absolute atomic E-state index is 0.0801. The van der Waals surface area contributed by atoms with Gasteiger partial charge in [0, 0.05) is 6.07 Å². The molecule has 0 atom stereocenters. The molecule has 2 aliphatic heterocycles. The highest BCUT2D eigenvalue weighted by atomic mass is 16.5. The van der Waals surface area contributed by atoms with E-state index >= 15 is 0 Å². The first-order chi connectivity index (χ1) is 14.0. The lowest BCUT2D eigenvalue weighted by molar-refractivity contribution is -0.972. The van der Waals surface area contributed by atoms with Gasteiger partial charge < -0.3 is 30.3 Å². The molecule has 3 rings (SSSR count). The number of piperidine rings is 2. The summed E-state index contributed by atoms with van der Waals surface area (Å²) in [5.74, 6) is 0.985. The van der Waals surface area contributed by atoms with E-state index in [9.17, 15) is 9.59 Å². The molecular formula is C21H34N4O4+2. The molecule has 160 valence electrons. The van der Waals surface area contributed by atoms with E-state index in [0.717, 1.165) is 51.9 Å². The molecule has 2 fully saturated rings. The third-order valence-electron chi connectivity index (χ3n) is 6.51. The Morgan fingerprint density at radius 3 is 2.34 bits per heavy atom. The number of carbonyl (C=O) groups is 2. The third kappa shape index (κ3) is 4.82. The Morgan fingerprint density at radius 1 is 1.07 bits per heavy atom. The van der Waals surface area contributed by atoms with Gasteiger partial charge in [0.05, 0.1) is 58.9 Å². The molecule has 2 saturated heterocycles. The van der Waals surface area contributed by atoms with Crippen molar-refractivity contribution in [3.63, 3.8) is 0 Å². The van der Waals surface area contributed by atoms with E-state index in [1.165, 1.54) is 16.2 Å². The van der Waals surface area contributed by atoms with Gasteiger partial charge in [-0.15, -0.1) is 0 Å². The molecular weight excluding hydrogens is 372 g/mol. The van der Waals surface area contributed by atoms with Crippen molar-refractivity contribution in [3.05, 3.63) is 18.2 Å². The van der Waals surface area contributed by atoms with Crippen molar-refractivity contribution < 1.29 is 28.9 Å².